The highest BCUT2D eigenvalue weighted by atomic mass is 19.4. The number of alkyl halides is 3. The summed E-state index contributed by atoms with van der Waals surface area (Å²) in [7, 11) is 1.57. The summed E-state index contributed by atoms with van der Waals surface area (Å²) >= 11 is 0. The van der Waals surface area contributed by atoms with Crippen molar-refractivity contribution in [3.05, 3.63) is 59.9 Å². The van der Waals surface area contributed by atoms with E-state index in [0.29, 0.717) is 29.4 Å². The average molecular weight is 419 g/mol. The lowest BCUT2D eigenvalue weighted by Crippen LogP contribution is -2.39. The van der Waals surface area contributed by atoms with Crippen LogP contribution >= 0.6 is 0 Å². The molecule has 1 amide bonds. The van der Waals surface area contributed by atoms with Crippen LogP contribution in [-0.2, 0) is 10.9 Å². The van der Waals surface area contributed by atoms with Crippen molar-refractivity contribution in [1.82, 2.24) is 15.3 Å². The molecule has 0 saturated carbocycles. The van der Waals surface area contributed by atoms with Crippen molar-refractivity contribution in [1.29, 1.82) is 0 Å². The minimum atomic E-state index is -4.45. The number of pyridine rings is 2. The quantitative estimate of drug-likeness (QED) is 0.632. The third-order valence-electron chi connectivity index (χ3n) is 4.41. The highest BCUT2D eigenvalue weighted by Crippen LogP contribution is 2.30. The number of carbonyl (C=O) groups is 1. The average Bonchev–Trinajstić information content (AvgIpc) is 2.71. The minimum absolute atomic E-state index is 0.0343. The number of carbonyl (C=O) groups excluding carboxylic acids is 1. The van der Waals surface area contributed by atoms with E-state index in [4.69, 9.17) is 9.47 Å². The first-order chi connectivity index (χ1) is 14.1. The Morgan fingerprint density at radius 3 is 2.50 bits per heavy atom. The first-order valence-corrected chi connectivity index (χ1v) is 9.03. The highest BCUT2D eigenvalue weighted by Gasteiger charge is 2.30. The highest BCUT2D eigenvalue weighted by molar-refractivity contribution is 5.95. The molecule has 0 aliphatic heterocycles. The number of methoxy groups -OCH3 is 1. The topological polar surface area (TPSA) is 73.3 Å². The zero-order valence-electron chi connectivity index (χ0n) is 16.6. The van der Waals surface area contributed by atoms with E-state index in [-0.39, 0.29) is 17.5 Å². The van der Waals surface area contributed by atoms with E-state index in [2.05, 4.69) is 15.3 Å². The summed E-state index contributed by atoms with van der Waals surface area (Å²) in [6.07, 6.45) is -3.74. The number of ether oxygens (including phenoxy) is 2. The van der Waals surface area contributed by atoms with E-state index < -0.39 is 17.3 Å². The Hall–Kier alpha value is -3.20. The molecule has 3 aromatic rings. The molecular weight excluding hydrogens is 399 g/mol. The fourth-order valence-electron chi connectivity index (χ4n) is 2.48. The zero-order valence-corrected chi connectivity index (χ0v) is 16.6. The Morgan fingerprint density at radius 2 is 1.87 bits per heavy atom. The van der Waals surface area contributed by atoms with Crippen LogP contribution in [0.4, 0.5) is 13.2 Å². The Morgan fingerprint density at radius 1 is 1.10 bits per heavy atom. The molecule has 1 N–H and O–H groups in total. The summed E-state index contributed by atoms with van der Waals surface area (Å²) in [5.74, 6) is 0.0963. The number of nitrogens with one attached hydrogen (secondary N) is 1. The Labute approximate surface area is 171 Å². The van der Waals surface area contributed by atoms with Crippen molar-refractivity contribution >= 4 is 16.8 Å². The lowest BCUT2D eigenvalue weighted by Gasteiger charge is -2.22. The molecule has 3 rings (SSSR count). The van der Waals surface area contributed by atoms with E-state index >= 15 is 0 Å². The van der Waals surface area contributed by atoms with Gasteiger partial charge in [0.25, 0.3) is 5.91 Å². The molecule has 158 valence electrons. The summed E-state index contributed by atoms with van der Waals surface area (Å²) in [5.41, 5.74) is -0.517. The van der Waals surface area contributed by atoms with Crippen molar-refractivity contribution in [3.63, 3.8) is 0 Å². The number of rotatable bonds is 6. The molecule has 0 radical (unpaired) electrons. The van der Waals surface area contributed by atoms with Gasteiger partial charge in [0.1, 0.15) is 11.4 Å². The van der Waals surface area contributed by atoms with E-state index in [1.807, 2.05) is 13.8 Å². The first kappa shape index (κ1) is 21.5. The molecule has 2 heterocycles. The second kappa shape index (κ2) is 8.27. The first-order valence-electron chi connectivity index (χ1n) is 9.03. The van der Waals surface area contributed by atoms with Gasteiger partial charge in [0.2, 0.25) is 5.88 Å². The summed E-state index contributed by atoms with van der Waals surface area (Å²) in [5, 5.41) is 3.48. The molecule has 0 bridgehead atoms. The van der Waals surface area contributed by atoms with Crippen LogP contribution in [0, 0.1) is 0 Å². The standard InChI is InChI=1S/C21H20F3N3O3/c1-20(2,29-3)12-26-19(28)17-7-4-13-10-15(6-8-16(13)27-17)30-18-9-5-14(11-25-18)21(22,23)24/h4-11H,12H2,1-3H3,(H,26,28). The summed E-state index contributed by atoms with van der Waals surface area (Å²) in [4.78, 5) is 20.3. The number of halogens is 3. The Bertz CT molecular complexity index is 1050. The second-order valence-electron chi connectivity index (χ2n) is 7.18. The minimum Gasteiger partial charge on any atom is -0.439 e. The van der Waals surface area contributed by atoms with Gasteiger partial charge in [-0.15, -0.1) is 0 Å². The smallest absolute Gasteiger partial charge is 0.417 e. The van der Waals surface area contributed by atoms with Crippen LogP contribution in [0.25, 0.3) is 10.9 Å². The van der Waals surface area contributed by atoms with Crippen LogP contribution in [0.15, 0.2) is 48.7 Å². The van der Waals surface area contributed by atoms with E-state index in [0.717, 1.165) is 12.1 Å². The molecular formula is C21H20F3N3O3. The molecule has 0 spiro atoms. The number of hydrogen-bond donors (Lipinski definition) is 1. The molecule has 0 aliphatic rings. The lowest BCUT2D eigenvalue weighted by molar-refractivity contribution is -0.137. The number of amides is 1. The normalized spacial score (nSPS) is 12.1. The van der Waals surface area contributed by atoms with Gasteiger partial charge in [-0.25, -0.2) is 9.97 Å². The van der Waals surface area contributed by atoms with E-state index in [9.17, 15) is 18.0 Å². The van der Waals surface area contributed by atoms with Crippen LogP contribution in [0.2, 0.25) is 0 Å². The van der Waals surface area contributed by atoms with Crippen LogP contribution in [0.1, 0.15) is 29.9 Å². The molecule has 0 fully saturated rings. The molecule has 9 heteroatoms. The van der Waals surface area contributed by atoms with Crippen LogP contribution in [0.5, 0.6) is 11.6 Å². The molecule has 30 heavy (non-hydrogen) atoms. The van der Waals surface area contributed by atoms with Crippen molar-refractivity contribution < 1.29 is 27.4 Å². The molecule has 0 unspecified atom stereocenters. The van der Waals surface area contributed by atoms with Gasteiger partial charge < -0.3 is 14.8 Å². The summed E-state index contributed by atoms with van der Waals surface area (Å²) in [6, 6.07) is 10.3. The Balaban J connectivity index is 1.73. The Kier molecular flexibility index (Phi) is 5.93. The largest absolute Gasteiger partial charge is 0.439 e. The maximum absolute atomic E-state index is 12.6. The van der Waals surface area contributed by atoms with Crippen LogP contribution < -0.4 is 10.1 Å². The van der Waals surface area contributed by atoms with Gasteiger partial charge in [-0.05, 0) is 44.2 Å². The summed E-state index contributed by atoms with van der Waals surface area (Å²) < 4.78 is 48.6. The van der Waals surface area contributed by atoms with Crippen molar-refractivity contribution in [2.24, 2.45) is 0 Å². The van der Waals surface area contributed by atoms with Crippen LogP contribution in [-0.4, -0.2) is 35.1 Å². The lowest BCUT2D eigenvalue weighted by atomic mass is 10.1. The molecule has 0 aliphatic carbocycles. The van der Waals surface area contributed by atoms with Crippen molar-refractivity contribution in [2.45, 2.75) is 25.6 Å². The number of fused-ring (bicyclic) bond motifs is 1. The zero-order chi connectivity index (χ0) is 21.9. The monoisotopic (exact) mass is 419 g/mol. The molecule has 0 saturated heterocycles. The van der Waals surface area contributed by atoms with E-state index in [1.54, 1.807) is 37.4 Å². The van der Waals surface area contributed by atoms with Crippen LogP contribution in [0.3, 0.4) is 0 Å². The predicted octanol–water partition coefficient (Wildman–Crippen LogP) is 4.60. The molecule has 1 aromatic carbocycles. The predicted molar refractivity (Wildman–Crippen MR) is 104 cm³/mol. The second-order valence-corrected chi connectivity index (χ2v) is 7.18. The van der Waals surface area contributed by atoms with Gasteiger partial charge in [-0.2, -0.15) is 13.2 Å². The molecule has 6 nitrogen and oxygen atoms in total. The number of hydrogen-bond acceptors (Lipinski definition) is 5. The van der Waals surface area contributed by atoms with Crippen molar-refractivity contribution in [3.8, 4) is 11.6 Å². The van der Waals surface area contributed by atoms with Gasteiger partial charge in [0, 0.05) is 31.3 Å². The fourth-order valence-corrected chi connectivity index (χ4v) is 2.48. The third-order valence-corrected chi connectivity index (χ3v) is 4.41. The van der Waals surface area contributed by atoms with Crippen molar-refractivity contribution in [2.75, 3.05) is 13.7 Å². The number of nitrogens with zero attached hydrogens (tertiary/aromatic N) is 2. The molecule has 2 aromatic heterocycles. The maximum Gasteiger partial charge on any atom is 0.417 e. The number of benzene rings is 1. The maximum atomic E-state index is 12.6. The van der Waals surface area contributed by atoms with Gasteiger partial charge in [-0.1, -0.05) is 6.07 Å². The fraction of sp³-hybridized carbons (Fsp3) is 0.286. The van der Waals surface area contributed by atoms with Gasteiger partial charge in [0.15, 0.2) is 0 Å². The molecule has 0 atom stereocenters. The number of aromatic nitrogens is 2. The van der Waals surface area contributed by atoms with Gasteiger partial charge in [0.05, 0.1) is 16.7 Å². The van der Waals surface area contributed by atoms with E-state index in [1.165, 1.54) is 0 Å². The van der Waals surface area contributed by atoms with Gasteiger partial charge >= 0.3 is 6.18 Å². The summed E-state index contributed by atoms with van der Waals surface area (Å²) in [6.45, 7) is 4.04. The third kappa shape index (κ3) is 5.24. The SMILES string of the molecule is COC(C)(C)CNC(=O)c1ccc2cc(Oc3ccc(C(F)(F)F)cn3)ccc2n1. The van der Waals surface area contributed by atoms with Gasteiger partial charge in [-0.3, -0.25) is 4.79 Å².